The molecule has 3 aromatic rings. The molecule has 132 valence electrons. The van der Waals surface area contributed by atoms with Crippen molar-refractivity contribution in [1.82, 2.24) is 15.1 Å². The van der Waals surface area contributed by atoms with Gasteiger partial charge in [0.15, 0.2) is 5.69 Å². The number of halogens is 2. The third-order valence-electron chi connectivity index (χ3n) is 3.60. The van der Waals surface area contributed by atoms with Crippen LogP contribution in [0, 0.1) is 5.82 Å². The number of benzene rings is 2. The molecule has 0 fully saturated rings. The Labute approximate surface area is 153 Å². The molecule has 3 rings (SSSR count). The summed E-state index contributed by atoms with van der Waals surface area (Å²) in [6.45, 7) is 0. The molecule has 0 bridgehead atoms. The number of nitrogens with zero attached hydrogens (tertiary/aromatic N) is 2. The van der Waals surface area contributed by atoms with Crippen molar-refractivity contribution in [3.05, 3.63) is 76.8 Å². The first-order valence-electron chi connectivity index (χ1n) is 7.62. The third-order valence-corrected chi connectivity index (χ3v) is 3.93. The molecule has 0 aliphatic heterocycles. The van der Waals surface area contributed by atoms with Crippen molar-refractivity contribution in [2.75, 3.05) is 12.4 Å². The van der Waals surface area contributed by atoms with Gasteiger partial charge in [0.25, 0.3) is 11.8 Å². The molecule has 0 spiro atoms. The van der Waals surface area contributed by atoms with Gasteiger partial charge >= 0.3 is 0 Å². The minimum absolute atomic E-state index is 0.121. The van der Waals surface area contributed by atoms with Gasteiger partial charge in [-0.3, -0.25) is 9.59 Å². The van der Waals surface area contributed by atoms with Crippen LogP contribution in [0.2, 0.25) is 5.02 Å². The van der Waals surface area contributed by atoms with Crippen LogP contribution in [0.1, 0.15) is 20.8 Å². The molecule has 2 aromatic carbocycles. The Hall–Kier alpha value is -3.19. The van der Waals surface area contributed by atoms with Gasteiger partial charge in [-0.25, -0.2) is 9.07 Å². The van der Waals surface area contributed by atoms with Crippen LogP contribution in [0.25, 0.3) is 5.69 Å². The average Bonchev–Trinajstić information content (AvgIpc) is 3.13. The van der Waals surface area contributed by atoms with Gasteiger partial charge in [0.1, 0.15) is 5.82 Å². The Bertz CT molecular complexity index is 987. The molecule has 0 radical (unpaired) electrons. The number of hydrogen-bond donors (Lipinski definition) is 2. The number of anilines is 1. The molecular formula is C18H14ClFN4O2. The van der Waals surface area contributed by atoms with Gasteiger partial charge < -0.3 is 10.6 Å². The molecule has 0 aliphatic carbocycles. The number of hydrogen-bond acceptors (Lipinski definition) is 3. The van der Waals surface area contributed by atoms with E-state index >= 15 is 0 Å². The van der Waals surface area contributed by atoms with Gasteiger partial charge in [0.05, 0.1) is 16.4 Å². The van der Waals surface area contributed by atoms with Gasteiger partial charge in [-0.15, -0.1) is 0 Å². The van der Waals surface area contributed by atoms with E-state index in [2.05, 4.69) is 15.7 Å². The fraction of sp³-hybridized carbons (Fsp3) is 0.0556. The summed E-state index contributed by atoms with van der Waals surface area (Å²) in [6.07, 6.45) is 1.55. The Morgan fingerprint density at radius 3 is 2.65 bits per heavy atom. The van der Waals surface area contributed by atoms with Crippen LogP contribution >= 0.6 is 11.6 Å². The second-order valence-electron chi connectivity index (χ2n) is 5.35. The number of amides is 2. The molecule has 0 aliphatic rings. The summed E-state index contributed by atoms with van der Waals surface area (Å²) in [5.41, 5.74) is 1.26. The summed E-state index contributed by atoms with van der Waals surface area (Å²) in [5, 5.41) is 9.54. The highest BCUT2D eigenvalue weighted by atomic mass is 35.5. The van der Waals surface area contributed by atoms with Crippen molar-refractivity contribution in [1.29, 1.82) is 0 Å². The molecule has 6 nitrogen and oxygen atoms in total. The van der Waals surface area contributed by atoms with E-state index in [9.17, 15) is 14.0 Å². The normalized spacial score (nSPS) is 10.4. The van der Waals surface area contributed by atoms with Crippen molar-refractivity contribution < 1.29 is 14.0 Å². The maximum atomic E-state index is 13.3. The zero-order valence-electron chi connectivity index (χ0n) is 13.7. The smallest absolute Gasteiger partial charge is 0.276 e. The molecule has 0 unspecified atom stereocenters. The topological polar surface area (TPSA) is 76.0 Å². The molecule has 0 saturated carbocycles. The van der Waals surface area contributed by atoms with E-state index in [1.165, 1.54) is 42.1 Å². The average molecular weight is 373 g/mol. The fourth-order valence-corrected chi connectivity index (χ4v) is 2.47. The minimum atomic E-state index is -0.504. The quantitative estimate of drug-likeness (QED) is 0.738. The summed E-state index contributed by atoms with van der Waals surface area (Å²) in [5.74, 6) is -1.20. The van der Waals surface area contributed by atoms with E-state index in [0.717, 1.165) is 0 Å². The van der Waals surface area contributed by atoms with Gasteiger partial charge in [-0.2, -0.15) is 5.10 Å². The molecular weight excluding hydrogens is 359 g/mol. The Morgan fingerprint density at radius 2 is 1.92 bits per heavy atom. The van der Waals surface area contributed by atoms with E-state index < -0.39 is 11.7 Å². The SMILES string of the molecule is CNC(=O)c1ccc(Cl)c(NC(=O)c2ccn(-c3cccc(F)c3)n2)c1. The Balaban J connectivity index is 1.82. The lowest BCUT2D eigenvalue weighted by Crippen LogP contribution is -2.19. The highest BCUT2D eigenvalue weighted by Crippen LogP contribution is 2.23. The molecule has 1 aromatic heterocycles. The first-order valence-corrected chi connectivity index (χ1v) is 8.00. The monoisotopic (exact) mass is 372 g/mol. The van der Waals surface area contributed by atoms with E-state index in [1.54, 1.807) is 24.4 Å². The van der Waals surface area contributed by atoms with Gasteiger partial charge in [-0.1, -0.05) is 17.7 Å². The van der Waals surface area contributed by atoms with Crippen LogP contribution < -0.4 is 10.6 Å². The van der Waals surface area contributed by atoms with Crippen LogP contribution in [0.5, 0.6) is 0 Å². The highest BCUT2D eigenvalue weighted by molar-refractivity contribution is 6.34. The zero-order chi connectivity index (χ0) is 18.7. The highest BCUT2D eigenvalue weighted by Gasteiger charge is 2.14. The van der Waals surface area contributed by atoms with Crippen LogP contribution in [-0.2, 0) is 0 Å². The first kappa shape index (κ1) is 17.6. The van der Waals surface area contributed by atoms with E-state index in [0.29, 0.717) is 11.3 Å². The van der Waals surface area contributed by atoms with Crippen molar-refractivity contribution in [3.8, 4) is 5.69 Å². The summed E-state index contributed by atoms with van der Waals surface area (Å²) in [6, 6.07) is 11.9. The molecule has 2 amide bonds. The van der Waals surface area contributed by atoms with Crippen molar-refractivity contribution >= 4 is 29.1 Å². The summed E-state index contributed by atoms with van der Waals surface area (Å²) >= 11 is 6.08. The van der Waals surface area contributed by atoms with Crippen LogP contribution in [0.15, 0.2) is 54.7 Å². The predicted octanol–water partition coefficient (Wildman–Crippen LogP) is 3.28. The van der Waals surface area contributed by atoms with Gasteiger partial charge in [0, 0.05) is 18.8 Å². The van der Waals surface area contributed by atoms with E-state index in [4.69, 9.17) is 11.6 Å². The maximum Gasteiger partial charge on any atom is 0.276 e. The van der Waals surface area contributed by atoms with Crippen molar-refractivity contribution in [2.24, 2.45) is 0 Å². The predicted molar refractivity (Wildman–Crippen MR) is 96.3 cm³/mol. The molecule has 2 N–H and O–H groups in total. The Morgan fingerprint density at radius 1 is 1.12 bits per heavy atom. The van der Waals surface area contributed by atoms with E-state index in [1.807, 2.05) is 0 Å². The molecule has 0 saturated heterocycles. The third kappa shape index (κ3) is 3.73. The minimum Gasteiger partial charge on any atom is -0.355 e. The lowest BCUT2D eigenvalue weighted by molar-refractivity contribution is 0.0961. The summed E-state index contributed by atoms with van der Waals surface area (Å²) in [7, 11) is 1.51. The number of carbonyl (C=O) groups excluding carboxylic acids is 2. The lowest BCUT2D eigenvalue weighted by atomic mass is 10.2. The standard InChI is InChI=1S/C18H14ClFN4O2/c1-21-17(25)11-5-6-14(19)16(9-11)22-18(26)15-7-8-24(23-15)13-4-2-3-12(20)10-13/h2-10H,1H3,(H,21,25)(H,22,26). The summed E-state index contributed by atoms with van der Waals surface area (Å²) in [4.78, 5) is 24.1. The zero-order valence-corrected chi connectivity index (χ0v) is 14.4. The number of carbonyl (C=O) groups is 2. The molecule has 1 heterocycles. The molecule has 8 heteroatoms. The molecule has 26 heavy (non-hydrogen) atoms. The van der Waals surface area contributed by atoms with Gasteiger partial charge in [0.2, 0.25) is 0 Å². The summed E-state index contributed by atoms with van der Waals surface area (Å²) < 4.78 is 14.7. The lowest BCUT2D eigenvalue weighted by Gasteiger charge is -2.08. The fourth-order valence-electron chi connectivity index (χ4n) is 2.30. The van der Waals surface area contributed by atoms with Crippen molar-refractivity contribution in [3.63, 3.8) is 0 Å². The Kier molecular flexibility index (Phi) is 4.99. The van der Waals surface area contributed by atoms with Crippen molar-refractivity contribution in [2.45, 2.75) is 0 Å². The van der Waals surface area contributed by atoms with Gasteiger partial charge in [-0.05, 0) is 42.5 Å². The second-order valence-corrected chi connectivity index (χ2v) is 5.76. The van der Waals surface area contributed by atoms with Crippen LogP contribution in [-0.4, -0.2) is 28.6 Å². The molecule has 0 atom stereocenters. The number of nitrogens with one attached hydrogen (secondary N) is 2. The second kappa shape index (κ2) is 7.37. The maximum absolute atomic E-state index is 13.3. The first-order chi connectivity index (χ1) is 12.5. The van der Waals surface area contributed by atoms with E-state index in [-0.39, 0.29) is 22.3 Å². The van der Waals surface area contributed by atoms with Crippen LogP contribution in [0.3, 0.4) is 0 Å². The van der Waals surface area contributed by atoms with Crippen LogP contribution in [0.4, 0.5) is 10.1 Å². The number of rotatable bonds is 4. The largest absolute Gasteiger partial charge is 0.355 e. The number of aromatic nitrogens is 2.